The van der Waals surface area contributed by atoms with Gasteiger partial charge in [-0.1, -0.05) is 18.2 Å². The Labute approximate surface area is 161 Å². The van der Waals surface area contributed by atoms with Gasteiger partial charge in [0.25, 0.3) is 5.91 Å². The van der Waals surface area contributed by atoms with Gasteiger partial charge < -0.3 is 10.2 Å². The zero-order valence-corrected chi connectivity index (χ0v) is 15.8. The number of benzene rings is 1. The van der Waals surface area contributed by atoms with Crippen molar-refractivity contribution in [3.8, 4) is 6.07 Å². The van der Waals surface area contributed by atoms with Crippen LogP contribution in [0.4, 0.5) is 5.69 Å². The number of fused-ring (bicyclic) bond motifs is 1. The van der Waals surface area contributed by atoms with E-state index in [1.165, 1.54) is 44.1 Å². The van der Waals surface area contributed by atoms with Crippen molar-refractivity contribution in [1.82, 2.24) is 5.32 Å². The molecule has 1 aromatic carbocycles. The van der Waals surface area contributed by atoms with Crippen LogP contribution in [0.5, 0.6) is 0 Å². The van der Waals surface area contributed by atoms with Gasteiger partial charge in [-0.2, -0.15) is 5.26 Å². The van der Waals surface area contributed by atoms with Gasteiger partial charge in [-0.3, -0.25) is 4.79 Å². The molecule has 1 amide bonds. The van der Waals surface area contributed by atoms with E-state index in [9.17, 15) is 10.1 Å². The van der Waals surface area contributed by atoms with Crippen molar-refractivity contribution in [2.24, 2.45) is 17.8 Å². The standard InChI is InChI=1S/C23H27N3O/c24-14-20(22(27)26-7-3-5-19-4-1-2-6-21(19)26)15-25-23-11-16-8-17(12-23)10-18(9-16)13-23/h1-2,4,6,15-18,25H,3,5,7-13H2/b20-15-. The first kappa shape index (κ1) is 16.9. The highest BCUT2D eigenvalue weighted by atomic mass is 16.2. The van der Waals surface area contributed by atoms with E-state index in [4.69, 9.17) is 0 Å². The average Bonchev–Trinajstić information content (AvgIpc) is 2.66. The van der Waals surface area contributed by atoms with Gasteiger partial charge in [0.1, 0.15) is 11.6 Å². The Hall–Kier alpha value is -2.28. The third-order valence-corrected chi connectivity index (χ3v) is 7.27. The summed E-state index contributed by atoms with van der Waals surface area (Å²) in [5.74, 6) is 2.36. The first-order chi connectivity index (χ1) is 13.2. The molecule has 4 bridgehead atoms. The predicted octanol–water partition coefficient (Wildman–Crippen LogP) is 3.93. The minimum absolute atomic E-state index is 0.122. The van der Waals surface area contributed by atoms with Crippen LogP contribution in [0.2, 0.25) is 0 Å². The molecule has 1 heterocycles. The molecule has 0 spiro atoms. The second-order valence-corrected chi connectivity index (χ2v) is 9.20. The molecule has 1 aromatic rings. The molecule has 1 N–H and O–H groups in total. The maximum Gasteiger partial charge on any atom is 0.270 e. The molecule has 1 aliphatic heterocycles. The van der Waals surface area contributed by atoms with Gasteiger partial charge in [-0.15, -0.1) is 0 Å². The van der Waals surface area contributed by atoms with Crippen molar-refractivity contribution in [2.75, 3.05) is 11.4 Å². The number of hydrogen-bond donors (Lipinski definition) is 1. The van der Waals surface area contributed by atoms with E-state index < -0.39 is 0 Å². The van der Waals surface area contributed by atoms with Gasteiger partial charge in [0.15, 0.2) is 0 Å². The topological polar surface area (TPSA) is 56.1 Å². The molecule has 5 aliphatic rings. The molecule has 4 saturated carbocycles. The maximum atomic E-state index is 13.1. The molecule has 4 heteroatoms. The Morgan fingerprint density at radius 2 is 1.81 bits per heavy atom. The Kier molecular flexibility index (Phi) is 4.00. The summed E-state index contributed by atoms with van der Waals surface area (Å²) < 4.78 is 0. The number of rotatable bonds is 3. The SMILES string of the molecule is N#C/C(=C/NC12CC3CC(CC(C3)C1)C2)C(=O)N1CCCc2ccccc21. The summed E-state index contributed by atoms with van der Waals surface area (Å²) in [6.07, 6.45) is 11.5. The van der Waals surface area contributed by atoms with E-state index in [0.717, 1.165) is 36.3 Å². The number of carbonyl (C=O) groups excluding carboxylic acids is 1. The Balaban J connectivity index is 1.37. The molecule has 27 heavy (non-hydrogen) atoms. The van der Waals surface area contributed by atoms with Crippen molar-refractivity contribution >= 4 is 11.6 Å². The molecule has 140 valence electrons. The number of carbonyl (C=O) groups is 1. The quantitative estimate of drug-likeness (QED) is 0.655. The number of aryl methyl sites for hydroxylation is 1. The minimum Gasteiger partial charge on any atom is -0.384 e. The lowest BCUT2D eigenvalue weighted by Gasteiger charge is -2.57. The highest BCUT2D eigenvalue weighted by molar-refractivity contribution is 6.08. The summed E-state index contributed by atoms with van der Waals surface area (Å²) >= 11 is 0. The van der Waals surface area contributed by atoms with Gasteiger partial charge in [-0.25, -0.2) is 0 Å². The molecule has 6 rings (SSSR count). The molecule has 0 radical (unpaired) electrons. The summed E-state index contributed by atoms with van der Waals surface area (Å²) in [6.45, 7) is 0.687. The number of nitriles is 1. The van der Waals surface area contributed by atoms with Gasteiger partial charge in [0.2, 0.25) is 0 Å². The van der Waals surface area contributed by atoms with Crippen molar-refractivity contribution in [1.29, 1.82) is 5.26 Å². The van der Waals surface area contributed by atoms with Gasteiger partial charge in [-0.05, 0) is 80.8 Å². The highest BCUT2D eigenvalue weighted by Crippen LogP contribution is 2.55. The van der Waals surface area contributed by atoms with Crippen LogP contribution in [0, 0.1) is 29.1 Å². The van der Waals surface area contributed by atoms with E-state index in [1.54, 1.807) is 11.1 Å². The van der Waals surface area contributed by atoms with Crippen molar-refractivity contribution < 1.29 is 4.79 Å². The fraction of sp³-hybridized carbons (Fsp3) is 0.565. The summed E-state index contributed by atoms with van der Waals surface area (Å²) in [4.78, 5) is 14.9. The molecule has 4 aliphatic carbocycles. The van der Waals surface area contributed by atoms with Crippen molar-refractivity contribution in [2.45, 2.75) is 56.9 Å². The molecule has 4 nitrogen and oxygen atoms in total. The van der Waals surface area contributed by atoms with Crippen molar-refractivity contribution in [3.63, 3.8) is 0 Å². The van der Waals surface area contributed by atoms with Gasteiger partial charge in [0, 0.05) is 24.0 Å². The Bertz CT molecular complexity index is 799. The average molecular weight is 361 g/mol. The van der Waals surface area contributed by atoms with Crippen LogP contribution < -0.4 is 10.2 Å². The van der Waals surface area contributed by atoms with Gasteiger partial charge in [0.05, 0.1) is 0 Å². The highest BCUT2D eigenvalue weighted by Gasteiger charge is 2.50. The molecule has 0 atom stereocenters. The molecule has 0 unspecified atom stereocenters. The molecule has 0 aromatic heterocycles. The number of para-hydroxylation sites is 1. The smallest absolute Gasteiger partial charge is 0.270 e. The monoisotopic (exact) mass is 361 g/mol. The number of amides is 1. The summed E-state index contributed by atoms with van der Waals surface area (Å²) in [5, 5.41) is 13.3. The molecular weight excluding hydrogens is 334 g/mol. The largest absolute Gasteiger partial charge is 0.384 e. The van der Waals surface area contributed by atoms with Gasteiger partial charge >= 0.3 is 0 Å². The van der Waals surface area contributed by atoms with E-state index >= 15 is 0 Å². The van der Waals surface area contributed by atoms with E-state index in [1.807, 2.05) is 18.2 Å². The summed E-state index contributed by atoms with van der Waals surface area (Å²) in [6, 6.07) is 10.2. The summed E-state index contributed by atoms with van der Waals surface area (Å²) in [5.41, 5.74) is 2.52. The second-order valence-electron chi connectivity index (χ2n) is 9.20. The van der Waals surface area contributed by atoms with Crippen molar-refractivity contribution in [3.05, 3.63) is 41.6 Å². The Morgan fingerprint density at radius 3 is 2.48 bits per heavy atom. The van der Waals surface area contributed by atoms with E-state index in [0.29, 0.717) is 6.54 Å². The van der Waals surface area contributed by atoms with E-state index in [-0.39, 0.29) is 17.0 Å². The molecular formula is C23H27N3O. The molecule has 0 saturated heterocycles. The lowest BCUT2D eigenvalue weighted by Crippen LogP contribution is -2.57. The fourth-order valence-corrected chi connectivity index (χ4v) is 6.54. The maximum absolute atomic E-state index is 13.1. The lowest BCUT2D eigenvalue weighted by molar-refractivity contribution is -0.114. The normalized spacial score (nSPS) is 34.1. The Morgan fingerprint density at radius 1 is 1.15 bits per heavy atom. The first-order valence-electron chi connectivity index (χ1n) is 10.4. The first-order valence-corrected chi connectivity index (χ1v) is 10.4. The van der Waals surface area contributed by atoms with Crippen LogP contribution in [0.3, 0.4) is 0 Å². The van der Waals surface area contributed by atoms with Crippen LogP contribution >= 0.6 is 0 Å². The third-order valence-electron chi connectivity index (χ3n) is 7.27. The number of nitrogens with one attached hydrogen (secondary N) is 1. The zero-order valence-electron chi connectivity index (χ0n) is 15.8. The van der Waals surface area contributed by atoms with Crippen LogP contribution in [-0.4, -0.2) is 18.0 Å². The second kappa shape index (κ2) is 6.41. The lowest BCUT2D eigenvalue weighted by atomic mass is 9.53. The van der Waals surface area contributed by atoms with Crippen LogP contribution in [-0.2, 0) is 11.2 Å². The third kappa shape index (κ3) is 2.94. The van der Waals surface area contributed by atoms with E-state index in [2.05, 4.69) is 17.5 Å². The molecule has 4 fully saturated rings. The predicted molar refractivity (Wildman–Crippen MR) is 105 cm³/mol. The van der Waals surface area contributed by atoms with Crippen LogP contribution in [0.15, 0.2) is 36.0 Å². The van der Waals surface area contributed by atoms with Crippen LogP contribution in [0.1, 0.15) is 50.5 Å². The fourth-order valence-electron chi connectivity index (χ4n) is 6.54. The number of anilines is 1. The van der Waals surface area contributed by atoms with Crippen LogP contribution in [0.25, 0.3) is 0 Å². The number of nitrogens with zero attached hydrogens (tertiary/aromatic N) is 2. The summed E-state index contributed by atoms with van der Waals surface area (Å²) in [7, 11) is 0. The number of hydrogen-bond acceptors (Lipinski definition) is 3. The zero-order chi connectivity index (χ0) is 18.4. The minimum atomic E-state index is -0.165.